The van der Waals surface area contributed by atoms with Crippen LogP contribution in [0.3, 0.4) is 0 Å². The van der Waals surface area contributed by atoms with E-state index in [9.17, 15) is 18.0 Å². The van der Waals surface area contributed by atoms with Crippen molar-refractivity contribution in [1.82, 2.24) is 20.4 Å². The number of nitrogens with zero attached hydrogens (tertiary/aromatic N) is 3. The monoisotopic (exact) mass is 506 g/mol. The van der Waals surface area contributed by atoms with Crippen molar-refractivity contribution in [1.29, 1.82) is 0 Å². The second-order valence-corrected chi connectivity index (χ2v) is 9.37. The number of alkyl halides is 3. The topological polar surface area (TPSA) is 71.3 Å². The van der Waals surface area contributed by atoms with E-state index in [2.05, 4.69) is 20.4 Å². The van der Waals surface area contributed by atoms with Gasteiger partial charge in [-0.1, -0.05) is 47.1 Å². The van der Waals surface area contributed by atoms with Crippen LogP contribution in [0.2, 0.25) is 5.02 Å². The van der Waals surface area contributed by atoms with E-state index < -0.39 is 17.6 Å². The Kier molecular flexibility index (Phi) is 7.76. The van der Waals surface area contributed by atoms with E-state index in [1.165, 1.54) is 0 Å². The Morgan fingerprint density at radius 3 is 2.54 bits per heavy atom. The van der Waals surface area contributed by atoms with Crippen LogP contribution in [-0.4, -0.2) is 40.6 Å². The lowest BCUT2D eigenvalue weighted by atomic mass is 9.85. The molecule has 6 nitrogen and oxygen atoms in total. The lowest BCUT2D eigenvalue weighted by Crippen LogP contribution is -2.39. The van der Waals surface area contributed by atoms with Crippen LogP contribution in [0.25, 0.3) is 11.4 Å². The lowest BCUT2D eigenvalue weighted by Gasteiger charge is -2.31. The molecule has 1 heterocycles. The van der Waals surface area contributed by atoms with Crippen LogP contribution in [-0.2, 0) is 12.7 Å². The van der Waals surface area contributed by atoms with Gasteiger partial charge < -0.3 is 9.84 Å². The molecule has 0 unspecified atom stereocenters. The fourth-order valence-electron chi connectivity index (χ4n) is 4.39. The molecule has 4 rings (SSSR count). The van der Waals surface area contributed by atoms with Gasteiger partial charge in [0, 0.05) is 18.2 Å². The maximum Gasteiger partial charge on any atom is 0.416 e. The van der Waals surface area contributed by atoms with Crippen molar-refractivity contribution in [2.75, 3.05) is 13.6 Å². The molecule has 0 spiro atoms. The minimum absolute atomic E-state index is 0.00209. The fraction of sp³-hybridized carbons (Fsp3) is 0.400. The van der Waals surface area contributed by atoms with Gasteiger partial charge >= 0.3 is 6.18 Å². The molecule has 0 saturated heterocycles. The molecule has 1 fully saturated rings. The minimum atomic E-state index is -4.53. The Hall–Kier alpha value is -2.91. The molecule has 1 saturated carbocycles. The first-order valence-electron chi connectivity index (χ1n) is 11.4. The molecule has 35 heavy (non-hydrogen) atoms. The molecule has 1 aromatic heterocycles. The number of carbonyl (C=O) groups excluding carboxylic acids is 1. The first-order chi connectivity index (χ1) is 16.7. The van der Waals surface area contributed by atoms with Crippen molar-refractivity contribution in [2.45, 2.75) is 44.4 Å². The Morgan fingerprint density at radius 2 is 1.86 bits per heavy atom. The molecule has 0 aliphatic heterocycles. The van der Waals surface area contributed by atoms with E-state index >= 15 is 0 Å². The number of halogens is 4. The molecule has 0 atom stereocenters. The van der Waals surface area contributed by atoms with Crippen molar-refractivity contribution in [3.63, 3.8) is 0 Å². The van der Waals surface area contributed by atoms with Crippen LogP contribution in [0.1, 0.15) is 47.5 Å². The van der Waals surface area contributed by atoms with Gasteiger partial charge in [0.15, 0.2) is 0 Å². The predicted molar refractivity (Wildman–Crippen MR) is 126 cm³/mol. The van der Waals surface area contributed by atoms with E-state index in [1.54, 1.807) is 0 Å². The second-order valence-electron chi connectivity index (χ2n) is 8.96. The van der Waals surface area contributed by atoms with Gasteiger partial charge in [-0.25, -0.2) is 0 Å². The number of benzene rings is 2. The quantitative estimate of drug-likeness (QED) is 0.436. The van der Waals surface area contributed by atoms with Crippen molar-refractivity contribution in [2.24, 2.45) is 5.92 Å². The predicted octanol–water partition coefficient (Wildman–Crippen LogP) is 5.83. The summed E-state index contributed by atoms with van der Waals surface area (Å²) in [6, 6.07) is 12.3. The highest BCUT2D eigenvalue weighted by molar-refractivity contribution is 6.33. The minimum Gasteiger partial charge on any atom is -0.349 e. The summed E-state index contributed by atoms with van der Waals surface area (Å²) in [7, 11) is 2.00. The normalized spacial score (nSPS) is 18.6. The molecular weight excluding hydrogens is 481 g/mol. The highest BCUT2D eigenvalue weighted by Gasteiger charge is 2.32. The Bertz CT molecular complexity index is 1150. The summed E-state index contributed by atoms with van der Waals surface area (Å²) in [5.74, 6) is 0.963. The Labute approximate surface area is 206 Å². The zero-order valence-electron chi connectivity index (χ0n) is 19.2. The maximum atomic E-state index is 13.0. The standard InChI is InChI=1S/C25H26ClF3N4O2/c1-33(15-22-31-23(32-35-22)17-5-3-2-4-6-17)14-16-7-10-19(11-8-16)30-24(34)20-13-18(25(27,28)29)9-12-21(20)26/h2-6,9,12-13,16,19H,7-8,10-11,14-15H2,1H3,(H,30,34). The maximum absolute atomic E-state index is 13.0. The Morgan fingerprint density at radius 1 is 1.14 bits per heavy atom. The average molecular weight is 507 g/mol. The van der Waals surface area contributed by atoms with Crippen LogP contribution in [0.15, 0.2) is 53.1 Å². The molecule has 2 aromatic carbocycles. The van der Waals surface area contributed by atoms with Crippen molar-refractivity contribution < 1.29 is 22.5 Å². The Balaban J connectivity index is 1.25. The average Bonchev–Trinajstić information content (AvgIpc) is 3.28. The molecule has 3 aromatic rings. The third-order valence-corrected chi connectivity index (χ3v) is 6.53. The molecular formula is C25H26ClF3N4O2. The second kappa shape index (κ2) is 10.8. The SMILES string of the molecule is CN(Cc1nc(-c2ccccc2)no1)CC1CCC(NC(=O)c2cc(C(F)(F)F)ccc2Cl)CC1. The zero-order valence-corrected chi connectivity index (χ0v) is 19.9. The summed E-state index contributed by atoms with van der Waals surface area (Å²) < 4.78 is 44.4. The third kappa shape index (κ3) is 6.61. The van der Waals surface area contributed by atoms with E-state index in [0.29, 0.717) is 24.2 Å². The van der Waals surface area contributed by atoms with Crippen LogP contribution in [0, 0.1) is 5.92 Å². The molecule has 1 N–H and O–H groups in total. The van der Waals surface area contributed by atoms with Gasteiger partial charge in [-0.05, 0) is 56.8 Å². The van der Waals surface area contributed by atoms with Gasteiger partial charge in [-0.2, -0.15) is 18.2 Å². The van der Waals surface area contributed by atoms with Crippen molar-refractivity contribution in [3.8, 4) is 11.4 Å². The van der Waals surface area contributed by atoms with Crippen LogP contribution >= 0.6 is 11.6 Å². The summed E-state index contributed by atoms with van der Waals surface area (Å²) >= 11 is 5.99. The van der Waals surface area contributed by atoms with Crippen LogP contribution in [0.5, 0.6) is 0 Å². The summed E-state index contributed by atoms with van der Waals surface area (Å²) in [4.78, 5) is 19.2. The molecule has 1 aliphatic rings. The first kappa shape index (κ1) is 25.2. The number of hydrogen-bond donors (Lipinski definition) is 1. The molecule has 10 heteroatoms. The van der Waals surface area contributed by atoms with Gasteiger partial charge in [0.2, 0.25) is 11.7 Å². The van der Waals surface area contributed by atoms with Gasteiger partial charge in [0.05, 0.1) is 22.7 Å². The number of rotatable bonds is 7. The highest BCUT2D eigenvalue weighted by Crippen LogP contribution is 2.32. The summed E-state index contributed by atoms with van der Waals surface area (Å²) in [5, 5.41) is 6.90. The first-order valence-corrected chi connectivity index (χ1v) is 11.8. The van der Waals surface area contributed by atoms with E-state index in [0.717, 1.165) is 56.0 Å². The van der Waals surface area contributed by atoms with Crippen LogP contribution < -0.4 is 5.32 Å². The van der Waals surface area contributed by atoms with Gasteiger partial charge in [-0.15, -0.1) is 0 Å². The highest BCUT2D eigenvalue weighted by atomic mass is 35.5. The van der Waals surface area contributed by atoms with Crippen LogP contribution in [0.4, 0.5) is 13.2 Å². The molecule has 186 valence electrons. The third-order valence-electron chi connectivity index (χ3n) is 6.20. The number of amides is 1. The number of carbonyl (C=O) groups is 1. The fourth-order valence-corrected chi connectivity index (χ4v) is 4.59. The van der Waals surface area contributed by atoms with E-state index in [4.69, 9.17) is 16.1 Å². The number of hydrogen-bond acceptors (Lipinski definition) is 5. The summed E-state index contributed by atoms with van der Waals surface area (Å²) in [6.45, 7) is 1.37. The van der Waals surface area contributed by atoms with E-state index in [1.807, 2.05) is 37.4 Å². The molecule has 0 radical (unpaired) electrons. The number of nitrogens with one attached hydrogen (secondary N) is 1. The van der Waals surface area contributed by atoms with Gasteiger partial charge in [-0.3, -0.25) is 9.69 Å². The van der Waals surface area contributed by atoms with Crippen molar-refractivity contribution in [3.05, 3.63) is 70.6 Å². The molecule has 1 aliphatic carbocycles. The number of aromatic nitrogens is 2. The van der Waals surface area contributed by atoms with Gasteiger partial charge in [0.25, 0.3) is 5.91 Å². The van der Waals surface area contributed by atoms with E-state index in [-0.39, 0.29) is 16.6 Å². The molecule has 1 amide bonds. The summed E-state index contributed by atoms with van der Waals surface area (Å²) in [5.41, 5.74) is -0.148. The summed E-state index contributed by atoms with van der Waals surface area (Å²) in [6.07, 6.45) is -1.25. The largest absolute Gasteiger partial charge is 0.416 e. The lowest BCUT2D eigenvalue weighted by molar-refractivity contribution is -0.137. The zero-order chi connectivity index (χ0) is 25.0. The smallest absolute Gasteiger partial charge is 0.349 e. The van der Waals surface area contributed by atoms with Gasteiger partial charge in [0.1, 0.15) is 0 Å². The van der Waals surface area contributed by atoms with Crippen molar-refractivity contribution >= 4 is 17.5 Å². The molecule has 0 bridgehead atoms.